The van der Waals surface area contributed by atoms with E-state index in [-0.39, 0.29) is 35.1 Å². The lowest BCUT2D eigenvalue weighted by atomic mass is 9.70. The Morgan fingerprint density at radius 3 is 1.03 bits per heavy atom. The number of primary amides is 1. The number of hydrogen-bond acceptors (Lipinski definition) is 8. The molecule has 6 aromatic rings. The Labute approximate surface area is 344 Å². The molecule has 7 rings (SSSR count). The van der Waals surface area contributed by atoms with Crippen molar-refractivity contribution in [2.75, 3.05) is 28.4 Å². The van der Waals surface area contributed by atoms with Crippen LogP contribution in [0.15, 0.2) is 158 Å². The Bertz CT molecular complexity index is 2170. The Kier molecular flexibility index (Phi) is 11.5. The highest BCUT2D eigenvalue weighted by Crippen LogP contribution is 2.60. The maximum absolute atomic E-state index is 16.2. The van der Waals surface area contributed by atoms with E-state index in [2.05, 4.69) is 0 Å². The highest BCUT2D eigenvalue weighted by molar-refractivity contribution is 6.07. The lowest BCUT2D eigenvalue weighted by Crippen LogP contribution is -2.57. The second-order valence-corrected chi connectivity index (χ2v) is 14.6. The van der Waals surface area contributed by atoms with E-state index in [1.807, 2.05) is 12.1 Å². The van der Waals surface area contributed by atoms with Crippen LogP contribution in [0.5, 0.6) is 23.0 Å². The van der Waals surface area contributed by atoms with Crippen LogP contribution >= 0.6 is 0 Å². The zero-order chi connectivity index (χ0) is 41.8. The summed E-state index contributed by atoms with van der Waals surface area (Å²) < 4.78 is 23.9. The fraction of sp³-hybridized carbons (Fsp3) is 0.224. The maximum atomic E-state index is 16.2. The van der Waals surface area contributed by atoms with Gasteiger partial charge >= 0.3 is 0 Å². The third-order valence-electron chi connectivity index (χ3n) is 11.5. The number of ether oxygens (including phenoxy) is 4. The van der Waals surface area contributed by atoms with Gasteiger partial charge in [0.25, 0.3) is 0 Å². The van der Waals surface area contributed by atoms with Gasteiger partial charge in [-0.3, -0.25) is 9.59 Å². The molecule has 1 fully saturated rings. The molecule has 302 valence electrons. The van der Waals surface area contributed by atoms with Gasteiger partial charge in [-0.05, 0) is 48.2 Å². The molecule has 0 heterocycles. The lowest BCUT2D eigenvalue weighted by molar-refractivity contribution is -0.163. The van der Waals surface area contributed by atoms with Gasteiger partial charge in [0, 0.05) is 22.3 Å². The van der Waals surface area contributed by atoms with Crippen LogP contribution in [0, 0.1) is 5.41 Å². The summed E-state index contributed by atoms with van der Waals surface area (Å²) >= 11 is 0. The number of methoxy groups -OCH3 is 4. The summed E-state index contributed by atoms with van der Waals surface area (Å²) in [7, 11) is 6.01. The van der Waals surface area contributed by atoms with Crippen molar-refractivity contribution in [3.63, 3.8) is 0 Å². The second-order valence-electron chi connectivity index (χ2n) is 14.6. The fourth-order valence-corrected chi connectivity index (χ4v) is 8.52. The number of nitrogens with zero attached hydrogens (tertiary/aromatic N) is 1. The Morgan fingerprint density at radius 1 is 0.508 bits per heavy atom. The molecular formula is C49H48N2O8. The smallest absolute Gasteiger partial charge is 0.239 e. The predicted octanol–water partition coefficient (Wildman–Crippen LogP) is 7.47. The number of benzene rings is 6. The standard InChI is InChI=1S/C49H48N2O8/c1-56-39-27-15-11-23-35(39)48(54,36-24-12-16-28-40(36)57-2)43(33-19-7-5-8-20-33)51(46(53)47(31-32-47)45(50)52)44(34-21-9-6-10-22-34)49(55,37-25-13-17-29-41(37)58-3)38-26-14-18-30-42(38)59-4/h5-30,43-44,54-55H,31-32H2,1-4H3,(H2,50,52). The first-order valence-electron chi connectivity index (χ1n) is 19.3. The number of carbonyl (C=O) groups excluding carboxylic acids is 2. The number of amides is 2. The largest absolute Gasteiger partial charge is 0.496 e. The molecule has 2 atom stereocenters. The van der Waals surface area contributed by atoms with E-state index in [1.54, 1.807) is 146 Å². The summed E-state index contributed by atoms with van der Waals surface area (Å²) in [5.41, 5.74) is 2.12. The Hall–Kier alpha value is -6.62. The van der Waals surface area contributed by atoms with Crippen LogP contribution in [0.1, 0.15) is 58.3 Å². The van der Waals surface area contributed by atoms with Gasteiger partial charge in [0.15, 0.2) is 0 Å². The van der Waals surface area contributed by atoms with Gasteiger partial charge in [-0.15, -0.1) is 0 Å². The van der Waals surface area contributed by atoms with E-state index in [1.165, 1.54) is 33.3 Å². The van der Waals surface area contributed by atoms with Gasteiger partial charge in [0.05, 0.1) is 40.5 Å². The summed E-state index contributed by atoms with van der Waals surface area (Å²) in [6.07, 6.45) is 0.314. The zero-order valence-corrected chi connectivity index (χ0v) is 33.4. The first-order valence-corrected chi connectivity index (χ1v) is 19.3. The van der Waals surface area contributed by atoms with Crippen molar-refractivity contribution < 1.29 is 38.7 Å². The third kappa shape index (κ3) is 6.94. The van der Waals surface area contributed by atoms with E-state index in [0.29, 0.717) is 34.1 Å². The minimum Gasteiger partial charge on any atom is -0.496 e. The van der Waals surface area contributed by atoms with E-state index in [4.69, 9.17) is 24.7 Å². The normalized spacial score (nSPS) is 14.3. The Balaban J connectivity index is 1.72. The fourth-order valence-electron chi connectivity index (χ4n) is 8.52. The molecule has 0 spiro atoms. The van der Waals surface area contributed by atoms with Gasteiger partial charge in [0.2, 0.25) is 11.8 Å². The van der Waals surface area contributed by atoms with Crippen LogP contribution in [0.2, 0.25) is 0 Å². The van der Waals surface area contributed by atoms with Crippen molar-refractivity contribution in [3.8, 4) is 23.0 Å². The highest BCUT2D eigenvalue weighted by Gasteiger charge is 2.64. The number of aliphatic hydroxyl groups is 2. The summed E-state index contributed by atoms with van der Waals surface area (Å²) in [4.78, 5) is 31.4. The van der Waals surface area contributed by atoms with Crippen molar-refractivity contribution in [3.05, 3.63) is 191 Å². The summed E-state index contributed by atoms with van der Waals surface area (Å²) in [6, 6.07) is 43.3. The molecule has 6 aromatic carbocycles. The molecule has 1 saturated carbocycles. The Morgan fingerprint density at radius 2 is 0.780 bits per heavy atom. The van der Waals surface area contributed by atoms with Gasteiger partial charge in [-0.25, -0.2) is 0 Å². The average Bonchev–Trinajstić information content (AvgIpc) is 4.12. The molecule has 59 heavy (non-hydrogen) atoms. The van der Waals surface area contributed by atoms with Crippen molar-refractivity contribution in [2.45, 2.75) is 36.1 Å². The molecule has 0 bridgehead atoms. The highest BCUT2D eigenvalue weighted by atomic mass is 16.5. The molecule has 2 amide bonds. The first-order chi connectivity index (χ1) is 28.6. The summed E-state index contributed by atoms with van der Waals surface area (Å²) in [5.74, 6) is -0.267. The van der Waals surface area contributed by atoms with Crippen LogP contribution in [0.4, 0.5) is 0 Å². The minimum absolute atomic E-state index is 0.157. The number of nitrogens with two attached hydrogens (primary N) is 1. The number of rotatable bonds is 16. The van der Waals surface area contributed by atoms with Gasteiger partial charge < -0.3 is 39.8 Å². The molecule has 2 unspecified atom stereocenters. The van der Waals surface area contributed by atoms with Crippen molar-refractivity contribution in [1.29, 1.82) is 0 Å². The molecule has 1 aliphatic carbocycles. The van der Waals surface area contributed by atoms with Crippen LogP contribution in [0.3, 0.4) is 0 Å². The molecule has 0 aromatic heterocycles. The number of carbonyl (C=O) groups is 2. The molecule has 10 heteroatoms. The monoisotopic (exact) mass is 792 g/mol. The van der Waals surface area contributed by atoms with E-state index >= 15 is 4.79 Å². The number of hydrogen-bond donors (Lipinski definition) is 3. The van der Waals surface area contributed by atoms with Crippen molar-refractivity contribution in [2.24, 2.45) is 11.1 Å². The van der Waals surface area contributed by atoms with Gasteiger partial charge in [-0.1, -0.05) is 133 Å². The zero-order valence-electron chi connectivity index (χ0n) is 33.4. The second kappa shape index (κ2) is 16.7. The quantitative estimate of drug-likeness (QED) is 0.0859. The van der Waals surface area contributed by atoms with E-state index in [0.717, 1.165) is 0 Å². The minimum atomic E-state index is -2.24. The van der Waals surface area contributed by atoms with Crippen molar-refractivity contribution >= 4 is 11.8 Å². The molecule has 4 N–H and O–H groups in total. The molecule has 0 aliphatic heterocycles. The van der Waals surface area contributed by atoms with E-state index in [9.17, 15) is 15.0 Å². The molecule has 0 radical (unpaired) electrons. The topological polar surface area (TPSA) is 141 Å². The van der Waals surface area contributed by atoms with E-state index < -0.39 is 40.5 Å². The van der Waals surface area contributed by atoms with Gasteiger partial charge in [-0.2, -0.15) is 0 Å². The van der Waals surface area contributed by atoms with Crippen LogP contribution in [0.25, 0.3) is 0 Å². The SMILES string of the molecule is COc1ccccc1C(O)(c1ccccc1OC)C(c1ccccc1)N(C(=O)C1(C(N)=O)CC1)C(c1ccccc1)C(O)(c1ccccc1OC)c1ccccc1OC. The summed E-state index contributed by atoms with van der Waals surface area (Å²) in [5, 5.41) is 28.7. The predicted molar refractivity (Wildman–Crippen MR) is 224 cm³/mol. The first kappa shape index (κ1) is 40.6. The molecule has 10 nitrogen and oxygen atoms in total. The molecule has 0 saturated heterocycles. The van der Waals surface area contributed by atoms with Crippen molar-refractivity contribution in [1.82, 2.24) is 4.90 Å². The molecule has 1 aliphatic rings. The third-order valence-corrected chi connectivity index (χ3v) is 11.5. The lowest BCUT2D eigenvalue weighted by Gasteiger charge is -2.52. The van der Waals surface area contributed by atoms with Crippen LogP contribution in [-0.2, 0) is 20.8 Å². The molecular weight excluding hydrogens is 745 g/mol. The van der Waals surface area contributed by atoms with Gasteiger partial charge in [0.1, 0.15) is 39.6 Å². The summed E-state index contributed by atoms with van der Waals surface area (Å²) in [6.45, 7) is 0. The van der Waals surface area contributed by atoms with Crippen LogP contribution in [-0.4, -0.2) is 55.4 Å². The average molecular weight is 793 g/mol. The number of para-hydroxylation sites is 4. The maximum Gasteiger partial charge on any atom is 0.239 e. The van der Waals surface area contributed by atoms with Crippen LogP contribution < -0.4 is 24.7 Å².